The van der Waals surface area contributed by atoms with Crippen molar-refractivity contribution in [1.82, 2.24) is 4.90 Å². The number of amides is 1. The summed E-state index contributed by atoms with van der Waals surface area (Å²) in [4.78, 5) is 13.4. The summed E-state index contributed by atoms with van der Waals surface area (Å²) in [6, 6.07) is 0. The Morgan fingerprint density at radius 2 is 2.14 bits per heavy atom. The molecule has 0 atom stereocenters. The SMILES string of the molecule is CCN(CC1CCC1)C(=O)OC(C)C. The molecule has 1 saturated carbocycles. The van der Waals surface area contributed by atoms with E-state index in [1.54, 1.807) is 0 Å². The van der Waals surface area contributed by atoms with Gasteiger partial charge in [0.25, 0.3) is 0 Å². The highest BCUT2D eigenvalue weighted by Crippen LogP contribution is 2.27. The van der Waals surface area contributed by atoms with Crippen LogP contribution in [0.25, 0.3) is 0 Å². The zero-order valence-electron chi connectivity index (χ0n) is 9.45. The summed E-state index contributed by atoms with van der Waals surface area (Å²) in [7, 11) is 0. The van der Waals surface area contributed by atoms with E-state index in [0.29, 0.717) is 0 Å². The van der Waals surface area contributed by atoms with Crippen LogP contribution in [0, 0.1) is 5.92 Å². The molecule has 0 aromatic carbocycles. The van der Waals surface area contributed by atoms with Crippen molar-refractivity contribution in [2.75, 3.05) is 13.1 Å². The van der Waals surface area contributed by atoms with Gasteiger partial charge in [0.15, 0.2) is 0 Å². The monoisotopic (exact) mass is 199 g/mol. The van der Waals surface area contributed by atoms with Crippen LogP contribution < -0.4 is 0 Å². The summed E-state index contributed by atoms with van der Waals surface area (Å²) < 4.78 is 5.16. The first-order valence-electron chi connectivity index (χ1n) is 5.59. The van der Waals surface area contributed by atoms with Crippen LogP contribution in [0.15, 0.2) is 0 Å². The van der Waals surface area contributed by atoms with Gasteiger partial charge in [-0.25, -0.2) is 4.79 Å². The van der Waals surface area contributed by atoms with Crippen molar-refractivity contribution in [3.05, 3.63) is 0 Å². The van der Waals surface area contributed by atoms with E-state index >= 15 is 0 Å². The Morgan fingerprint density at radius 1 is 1.50 bits per heavy atom. The Kier molecular flexibility index (Phi) is 4.23. The predicted octanol–water partition coefficient (Wildman–Crippen LogP) is 2.65. The third kappa shape index (κ3) is 3.20. The van der Waals surface area contributed by atoms with Crippen molar-refractivity contribution in [3.63, 3.8) is 0 Å². The highest BCUT2D eigenvalue weighted by atomic mass is 16.6. The molecule has 82 valence electrons. The molecule has 1 aliphatic carbocycles. The zero-order valence-corrected chi connectivity index (χ0v) is 9.45. The lowest BCUT2D eigenvalue weighted by molar-refractivity contribution is 0.0681. The third-order valence-corrected chi connectivity index (χ3v) is 2.68. The molecule has 1 aliphatic rings. The van der Waals surface area contributed by atoms with Crippen molar-refractivity contribution in [1.29, 1.82) is 0 Å². The maximum Gasteiger partial charge on any atom is 0.410 e. The lowest BCUT2D eigenvalue weighted by Gasteiger charge is -2.31. The molecule has 0 aliphatic heterocycles. The minimum atomic E-state index is -0.158. The molecule has 0 aromatic heterocycles. The molecular formula is C11H21NO2. The predicted molar refractivity (Wildman–Crippen MR) is 56.2 cm³/mol. The molecule has 0 spiro atoms. The largest absolute Gasteiger partial charge is 0.447 e. The molecule has 0 N–H and O–H groups in total. The van der Waals surface area contributed by atoms with Crippen LogP contribution in [0.2, 0.25) is 0 Å². The summed E-state index contributed by atoms with van der Waals surface area (Å²) in [5.74, 6) is 0.717. The van der Waals surface area contributed by atoms with Crippen LogP contribution in [-0.4, -0.2) is 30.2 Å². The quantitative estimate of drug-likeness (QED) is 0.696. The van der Waals surface area contributed by atoms with Gasteiger partial charge in [0.2, 0.25) is 0 Å². The van der Waals surface area contributed by atoms with E-state index in [4.69, 9.17) is 4.74 Å². The van der Waals surface area contributed by atoms with Crippen molar-refractivity contribution in [2.45, 2.75) is 46.1 Å². The van der Waals surface area contributed by atoms with E-state index < -0.39 is 0 Å². The molecule has 1 amide bonds. The Hall–Kier alpha value is -0.730. The van der Waals surface area contributed by atoms with Gasteiger partial charge in [-0.2, -0.15) is 0 Å². The molecular weight excluding hydrogens is 178 g/mol. The normalized spacial score (nSPS) is 16.6. The van der Waals surface area contributed by atoms with Crippen LogP contribution in [0.3, 0.4) is 0 Å². The molecule has 0 radical (unpaired) electrons. The standard InChI is InChI=1S/C11H21NO2/c1-4-12(8-10-6-5-7-10)11(13)14-9(2)3/h9-10H,4-8H2,1-3H3. The average molecular weight is 199 g/mol. The van der Waals surface area contributed by atoms with Gasteiger partial charge in [-0.3, -0.25) is 0 Å². The smallest absolute Gasteiger partial charge is 0.410 e. The highest BCUT2D eigenvalue weighted by molar-refractivity contribution is 5.67. The van der Waals surface area contributed by atoms with Crippen LogP contribution in [0.1, 0.15) is 40.0 Å². The summed E-state index contributed by atoms with van der Waals surface area (Å²) in [5, 5.41) is 0. The van der Waals surface area contributed by atoms with Crippen molar-refractivity contribution < 1.29 is 9.53 Å². The fourth-order valence-electron chi connectivity index (χ4n) is 1.60. The number of carbonyl (C=O) groups is 1. The Balaban J connectivity index is 2.31. The molecule has 0 heterocycles. The van der Waals surface area contributed by atoms with E-state index in [9.17, 15) is 4.79 Å². The van der Waals surface area contributed by atoms with E-state index in [2.05, 4.69) is 0 Å². The summed E-state index contributed by atoms with van der Waals surface area (Å²) in [6.07, 6.45) is 3.69. The molecule has 0 unspecified atom stereocenters. The Morgan fingerprint density at radius 3 is 2.50 bits per heavy atom. The van der Waals surface area contributed by atoms with Gasteiger partial charge in [0.1, 0.15) is 0 Å². The second-order valence-electron chi connectivity index (χ2n) is 4.27. The van der Waals surface area contributed by atoms with E-state index in [0.717, 1.165) is 19.0 Å². The van der Waals surface area contributed by atoms with Crippen LogP contribution in [0.5, 0.6) is 0 Å². The minimum Gasteiger partial charge on any atom is -0.447 e. The third-order valence-electron chi connectivity index (χ3n) is 2.68. The summed E-state index contributed by atoms with van der Waals surface area (Å²) in [5.41, 5.74) is 0. The summed E-state index contributed by atoms with van der Waals surface area (Å²) >= 11 is 0. The average Bonchev–Trinajstić information content (AvgIpc) is 2.01. The van der Waals surface area contributed by atoms with Crippen molar-refractivity contribution in [2.24, 2.45) is 5.92 Å². The molecule has 1 rings (SSSR count). The van der Waals surface area contributed by atoms with Gasteiger partial charge in [-0.1, -0.05) is 6.42 Å². The van der Waals surface area contributed by atoms with Gasteiger partial charge >= 0.3 is 6.09 Å². The van der Waals surface area contributed by atoms with Gasteiger partial charge in [0.05, 0.1) is 6.10 Å². The number of hydrogen-bond acceptors (Lipinski definition) is 2. The van der Waals surface area contributed by atoms with E-state index in [1.165, 1.54) is 19.3 Å². The summed E-state index contributed by atoms with van der Waals surface area (Å²) in [6.45, 7) is 7.40. The zero-order chi connectivity index (χ0) is 10.6. The van der Waals surface area contributed by atoms with Gasteiger partial charge in [-0.15, -0.1) is 0 Å². The second-order valence-corrected chi connectivity index (χ2v) is 4.27. The lowest BCUT2D eigenvalue weighted by Crippen LogP contribution is -2.38. The number of ether oxygens (including phenoxy) is 1. The Labute approximate surface area is 86.4 Å². The molecule has 3 nitrogen and oxygen atoms in total. The molecule has 14 heavy (non-hydrogen) atoms. The number of nitrogens with zero attached hydrogens (tertiary/aromatic N) is 1. The maximum atomic E-state index is 11.6. The van der Waals surface area contributed by atoms with Crippen molar-refractivity contribution in [3.8, 4) is 0 Å². The minimum absolute atomic E-state index is 0.0158. The first kappa shape index (κ1) is 11.3. The van der Waals surface area contributed by atoms with E-state index in [1.807, 2.05) is 25.7 Å². The highest BCUT2D eigenvalue weighted by Gasteiger charge is 2.23. The van der Waals surface area contributed by atoms with Gasteiger partial charge < -0.3 is 9.64 Å². The first-order chi connectivity index (χ1) is 6.63. The van der Waals surface area contributed by atoms with Crippen LogP contribution in [0.4, 0.5) is 4.79 Å². The van der Waals surface area contributed by atoms with Crippen LogP contribution in [-0.2, 0) is 4.74 Å². The number of rotatable bonds is 4. The first-order valence-corrected chi connectivity index (χ1v) is 5.59. The van der Waals surface area contributed by atoms with Crippen molar-refractivity contribution >= 4 is 6.09 Å². The van der Waals surface area contributed by atoms with Crippen LogP contribution >= 0.6 is 0 Å². The topological polar surface area (TPSA) is 29.5 Å². The maximum absolute atomic E-state index is 11.6. The fraction of sp³-hybridized carbons (Fsp3) is 0.909. The molecule has 0 bridgehead atoms. The molecule has 0 aromatic rings. The van der Waals surface area contributed by atoms with E-state index in [-0.39, 0.29) is 12.2 Å². The number of carbonyl (C=O) groups excluding carboxylic acids is 1. The Bertz CT molecular complexity index is 188. The van der Waals surface area contributed by atoms with Gasteiger partial charge in [0, 0.05) is 13.1 Å². The molecule has 1 fully saturated rings. The molecule has 3 heteroatoms. The molecule has 0 saturated heterocycles. The number of hydrogen-bond donors (Lipinski definition) is 0. The second kappa shape index (κ2) is 5.23. The fourth-order valence-corrected chi connectivity index (χ4v) is 1.60. The van der Waals surface area contributed by atoms with Gasteiger partial charge in [-0.05, 0) is 39.5 Å². The lowest BCUT2D eigenvalue weighted by atomic mass is 9.85.